The maximum atomic E-state index is 14.1. The van der Waals surface area contributed by atoms with Gasteiger partial charge in [-0.05, 0) is 25.0 Å². The van der Waals surface area contributed by atoms with E-state index in [4.69, 9.17) is 5.84 Å². The van der Waals surface area contributed by atoms with Crippen molar-refractivity contribution in [2.24, 2.45) is 5.84 Å². The molecule has 1 atom stereocenters. The largest absolute Gasteiger partial charge is 0.271 e. The Labute approximate surface area is 111 Å². The zero-order chi connectivity index (χ0) is 13.8. The molecule has 0 aliphatic heterocycles. The first-order valence-corrected chi connectivity index (χ1v) is 6.28. The summed E-state index contributed by atoms with van der Waals surface area (Å²) in [6.07, 6.45) is 2.53. The quantitative estimate of drug-likeness (QED) is 0.636. The van der Waals surface area contributed by atoms with Crippen molar-refractivity contribution in [3.05, 3.63) is 47.0 Å². The minimum atomic E-state index is -0.456. The molecule has 1 aromatic heterocycles. The predicted octanol–water partition coefficient (Wildman–Crippen LogP) is 1.69. The first-order chi connectivity index (χ1) is 9.17. The molecule has 102 valence electrons. The normalized spacial score (nSPS) is 12.6. The highest BCUT2D eigenvalue weighted by Crippen LogP contribution is 2.24. The van der Waals surface area contributed by atoms with Gasteiger partial charge in [0.1, 0.15) is 5.82 Å². The molecule has 0 fully saturated rings. The lowest BCUT2D eigenvalue weighted by Crippen LogP contribution is -2.31. The first-order valence-electron chi connectivity index (χ1n) is 6.28. The standard InChI is InChI=1S/C13H18FN5/c1-3-6-19-12(8-16-18-19)13(17-15)10-5-4-9(2)7-11(10)14/h4-5,7-8,13,17H,3,6,15H2,1-2H3. The Bertz CT molecular complexity index is 552. The lowest BCUT2D eigenvalue weighted by atomic mass is 10.0. The Kier molecular flexibility index (Phi) is 4.24. The highest BCUT2D eigenvalue weighted by Gasteiger charge is 2.20. The molecule has 0 amide bonds. The maximum absolute atomic E-state index is 14.1. The van der Waals surface area contributed by atoms with Crippen molar-refractivity contribution in [3.8, 4) is 0 Å². The fraction of sp³-hybridized carbons (Fsp3) is 0.385. The van der Waals surface area contributed by atoms with Crippen LogP contribution in [0.1, 0.15) is 36.2 Å². The van der Waals surface area contributed by atoms with Gasteiger partial charge in [0.15, 0.2) is 0 Å². The maximum Gasteiger partial charge on any atom is 0.128 e. The number of aromatic nitrogens is 3. The minimum Gasteiger partial charge on any atom is -0.271 e. The number of hydrogen-bond acceptors (Lipinski definition) is 4. The van der Waals surface area contributed by atoms with Gasteiger partial charge in [0.2, 0.25) is 0 Å². The number of benzene rings is 1. The van der Waals surface area contributed by atoms with Crippen molar-refractivity contribution in [3.63, 3.8) is 0 Å². The number of hydrogen-bond donors (Lipinski definition) is 2. The van der Waals surface area contributed by atoms with Crippen LogP contribution in [-0.4, -0.2) is 15.0 Å². The predicted molar refractivity (Wildman–Crippen MR) is 70.6 cm³/mol. The van der Waals surface area contributed by atoms with E-state index in [1.54, 1.807) is 16.9 Å². The van der Waals surface area contributed by atoms with Crippen molar-refractivity contribution in [2.75, 3.05) is 0 Å². The van der Waals surface area contributed by atoms with Crippen LogP contribution in [0.2, 0.25) is 0 Å². The van der Waals surface area contributed by atoms with Gasteiger partial charge in [-0.1, -0.05) is 24.3 Å². The van der Waals surface area contributed by atoms with Gasteiger partial charge in [-0.2, -0.15) is 0 Å². The van der Waals surface area contributed by atoms with Crippen LogP contribution in [0.25, 0.3) is 0 Å². The van der Waals surface area contributed by atoms with E-state index in [1.807, 2.05) is 19.9 Å². The van der Waals surface area contributed by atoms with E-state index in [-0.39, 0.29) is 5.82 Å². The molecule has 0 saturated carbocycles. The number of halogens is 1. The van der Waals surface area contributed by atoms with Crippen molar-refractivity contribution in [1.29, 1.82) is 0 Å². The lowest BCUT2D eigenvalue weighted by Gasteiger charge is -2.18. The first kappa shape index (κ1) is 13.6. The van der Waals surface area contributed by atoms with Gasteiger partial charge in [0, 0.05) is 12.1 Å². The second-order valence-electron chi connectivity index (χ2n) is 4.51. The van der Waals surface area contributed by atoms with E-state index in [1.165, 1.54) is 6.07 Å². The van der Waals surface area contributed by atoms with E-state index >= 15 is 0 Å². The molecule has 1 aromatic carbocycles. The Morgan fingerprint density at radius 3 is 2.89 bits per heavy atom. The number of aryl methyl sites for hydroxylation is 2. The van der Waals surface area contributed by atoms with E-state index < -0.39 is 6.04 Å². The third-order valence-corrected chi connectivity index (χ3v) is 3.01. The molecule has 5 nitrogen and oxygen atoms in total. The average Bonchev–Trinajstić information content (AvgIpc) is 2.82. The number of nitrogens with two attached hydrogens (primary N) is 1. The third-order valence-electron chi connectivity index (χ3n) is 3.01. The van der Waals surface area contributed by atoms with E-state index in [9.17, 15) is 4.39 Å². The van der Waals surface area contributed by atoms with E-state index in [0.29, 0.717) is 5.56 Å². The summed E-state index contributed by atoms with van der Waals surface area (Å²) in [6.45, 7) is 4.62. The SMILES string of the molecule is CCCn1nncc1C(NN)c1ccc(C)cc1F. The number of nitrogens with one attached hydrogen (secondary N) is 1. The highest BCUT2D eigenvalue weighted by molar-refractivity contribution is 5.30. The molecule has 2 aromatic rings. The van der Waals surface area contributed by atoms with Crippen molar-refractivity contribution < 1.29 is 4.39 Å². The molecular weight excluding hydrogens is 245 g/mol. The Balaban J connectivity index is 2.41. The Morgan fingerprint density at radius 2 is 2.26 bits per heavy atom. The van der Waals surface area contributed by atoms with Crippen molar-refractivity contribution in [2.45, 2.75) is 32.9 Å². The van der Waals surface area contributed by atoms with Crippen LogP contribution in [0.15, 0.2) is 24.4 Å². The fourth-order valence-corrected chi connectivity index (χ4v) is 2.08. The Hall–Kier alpha value is -1.79. The summed E-state index contributed by atoms with van der Waals surface area (Å²) < 4.78 is 15.8. The van der Waals surface area contributed by atoms with E-state index in [2.05, 4.69) is 15.7 Å². The summed E-state index contributed by atoms with van der Waals surface area (Å²) in [5, 5.41) is 7.87. The van der Waals surface area contributed by atoms with Crippen molar-refractivity contribution >= 4 is 0 Å². The smallest absolute Gasteiger partial charge is 0.128 e. The van der Waals surface area contributed by atoms with Gasteiger partial charge in [0.05, 0.1) is 17.9 Å². The molecule has 0 spiro atoms. The third kappa shape index (κ3) is 2.80. The molecule has 0 aliphatic rings. The molecule has 1 unspecified atom stereocenters. The van der Waals surface area contributed by atoms with Gasteiger partial charge >= 0.3 is 0 Å². The molecule has 19 heavy (non-hydrogen) atoms. The zero-order valence-electron chi connectivity index (χ0n) is 11.1. The molecule has 2 rings (SSSR count). The number of rotatable bonds is 5. The second-order valence-corrected chi connectivity index (χ2v) is 4.51. The summed E-state index contributed by atoms with van der Waals surface area (Å²) in [7, 11) is 0. The number of nitrogens with zero attached hydrogens (tertiary/aromatic N) is 3. The average molecular weight is 263 g/mol. The van der Waals surface area contributed by atoms with Crippen LogP contribution in [0.3, 0.4) is 0 Å². The van der Waals surface area contributed by atoms with Gasteiger partial charge in [-0.25, -0.2) is 14.5 Å². The molecule has 0 aliphatic carbocycles. The topological polar surface area (TPSA) is 68.8 Å². The molecular formula is C13H18FN5. The van der Waals surface area contributed by atoms with Crippen LogP contribution in [-0.2, 0) is 6.54 Å². The van der Waals surface area contributed by atoms with Crippen LogP contribution in [0.5, 0.6) is 0 Å². The zero-order valence-corrected chi connectivity index (χ0v) is 11.1. The summed E-state index contributed by atoms with van der Waals surface area (Å²) in [4.78, 5) is 0. The summed E-state index contributed by atoms with van der Waals surface area (Å²) in [5.41, 5.74) is 4.76. The molecule has 1 heterocycles. The molecule has 0 bridgehead atoms. The summed E-state index contributed by atoms with van der Waals surface area (Å²) >= 11 is 0. The van der Waals surface area contributed by atoms with Gasteiger partial charge in [-0.3, -0.25) is 5.84 Å². The van der Waals surface area contributed by atoms with E-state index in [0.717, 1.165) is 24.2 Å². The molecule has 3 N–H and O–H groups in total. The van der Waals surface area contributed by atoms with Gasteiger partial charge in [0.25, 0.3) is 0 Å². The van der Waals surface area contributed by atoms with Crippen molar-refractivity contribution in [1.82, 2.24) is 20.4 Å². The summed E-state index contributed by atoms with van der Waals surface area (Å²) in [5.74, 6) is 5.30. The van der Waals surface area contributed by atoms with Crippen LogP contribution >= 0.6 is 0 Å². The lowest BCUT2D eigenvalue weighted by molar-refractivity contribution is 0.496. The molecule has 0 radical (unpaired) electrons. The van der Waals surface area contributed by atoms with Crippen LogP contribution in [0, 0.1) is 12.7 Å². The monoisotopic (exact) mass is 263 g/mol. The number of hydrazine groups is 1. The fourth-order valence-electron chi connectivity index (χ4n) is 2.08. The van der Waals surface area contributed by atoms with Gasteiger partial charge < -0.3 is 0 Å². The highest BCUT2D eigenvalue weighted by atomic mass is 19.1. The summed E-state index contributed by atoms with van der Waals surface area (Å²) in [6, 6.07) is 4.63. The minimum absolute atomic E-state index is 0.285. The van der Waals surface area contributed by atoms with Gasteiger partial charge in [-0.15, -0.1) is 5.10 Å². The molecule has 0 saturated heterocycles. The Morgan fingerprint density at radius 1 is 1.47 bits per heavy atom. The van der Waals surface area contributed by atoms with Crippen LogP contribution < -0.4 is 11.3 Å². The van der Waals surface area contributed by atoms with Crippen LogP contribution in [0.4, 0.5) is 4.39 Å². The molecule has 6 heteroatoms. The second kappa shape index (κ2) is 5.90.